The number of hydrogen-bond acceptors (Lipinski definition) is 4. The Morgan fingerprint density at radius 1 is 1.47 bits per heavy atom. The molecule has 0 bridgehead atoms. The second kappa shape index (κ2) is 4.21. The summed E-state index contributed by atoms with van der Waals surface area (Å²) in [5.74, 6) is 1.46. The van der Waals surface area contributed by atoms with Gasteiger partial charge in [-0.25, -0.2) is 0 Å². The van der Waals surface area contributed by atoms with Crippen LogP contribution in [-0.4, -0.2) is 30.6 Å². The van der Waals surface area contributed by atoms with Gasteiger partial charge in [0.25, 0.3) is 0 Å². The molecule has 1 aliphatic heterocycles. The SMILES string of the molecule is C#CCC1(OC(C)=O)COC(C)(C)OC1. The fourth-order valence-electron chi connectivity index (χ4n) is 1.38. The number of hydrogen-bond donors (Lipinski definition) is 0. The molecule has 0 spiro atoms. The average Bonchev–Trinajstić information content (AvgIpc) is 2.10. The smallest absolute Gasteiger partial charge is 0.303 e. The van der Waals surface area contributed by atoms with Crippen molar-refractivity contribution in [3.8, 4) is 12.3 Å². The number of terminal acetylenes is 1. The molecule has 4 heteroatoms. The first-order valence-corrected chi connectivity index (χ1v) is 4.80. The molecule has 1 saturated heterocycles. The number of esters is 1. The summed E-state index contributed by atoms with van der Waals surface area (Å²) in [6.45, 7) is 5.49. The Balaban J connectivity index is 2.69. The third kappa shape index (κ3) is 3.22. The summed E-state index contributed by atoms with van der Waals surface area (Å²) in [5, 5.41) is 0. The maximum absolute atomic E-state index is 11.0. The number of rotatable bonds is 2. The number of carbonyl (C=O) groups excluding carboxylic acids is 1. The van der Waals surface area contributed by atoms with Crippen LogP contribution in [0.15, 0.2) is 0 Å². The van der Waals surface area contributed by atoms with Crippen LogP contribution in [0.5, 0.6) is 0 Å². The van der Waals surface area contributed by atoms with Crippen molar-refractivity contribution in [3.63, 3.8) is 0 Å². The highest BCUT2D eigenvalue weighted by atomic mass is 16.7. The van der Waals surface area contributed by atoms with Crippen molar-refractivity contribution in [2.24, 2.45) is 0 Å². The van der Waals surface area contributed by atoms with Gasteiger partial charge < -0.3 is 14.2 Å². The molecule has 0 aromatic carbocycles. The van der Waals surface area contributed by atoms with Crippen molar-refractivity contribution in [2.75, 3.05) is 13.2 Å². The van der Waals surface area contributed by atoms with Crippen molar-refractivity contribution < 1.29 is 19.0 Å². The summed E-state index contributed by atoms with van der Waals surface area (Å²) in [6, 6.07) is 0. The molecule has 0 N–H and O–H groups in total. The first-order valence-electron chi connectivity index (χ1n) is 4.80. The first kappa shape index (κ1) is 12.0. The third-order valence-corrected chi connectivity index (χ3v) is 2.15. The second-order valence-corrected chi connectivity index (χ2v) is 4.13. The van der Waals surface area contributed by atoms with Crippen molar-refractivity contribution in [3.05, 3.63) is 0 Å². The van der Waals surface area contributed by atoms with Crippen LogP contribution in [0.4, 0.5) is 0 Å². The lowest BCUT2D eigenvalue weighted by Crippen LogP contribution is -2.53. The second-order valence-electron chi connectivity index (χ2n) is 4.13. The van der Waals surface area contributed by atoms with E-state index >= 15 is 0 Å². The van der Waals surface area contributed by atoms with Crippen LogP contribution in [0.1, 0.15) is 27.2 Å². The van der Waals surface area contributed by atoms with E-state index in [1.807, 2.05) is 0 Å². The maximum Gasteiger partial charge on any atom is 0.303 e. The molecule has 0 atom stereocenters. The lowest BCUT2D eigenvalue weighted by atomic mass is 10.0. The Morgan fingerprint density at radius 2 is 2.00 bits per heavy atom. The van der Waals surface area contributed by atoms with Gasteiger partial charge in [0.05, 0.1) is 19.6 Å². The Labute approximate surface area is 89.9 Å². The number of ether oxygens (including phenoxy) is 3. The summed E-state index contributed by atoms with van der Waals surface area (Å²) in [5.41, 5.74) is -0.823. The van der Waals surface area contributed by atoms with Crippen molar-refractivity contribution in [1.82, 2.24) is 0 Å². The minimum absolute atomic E-state index is 0.268. The van der Waals surface area contributed by atoms with E-state index in [0.29, 0.717) is 6.42 Å². The lowest BCUT2D eigenvalue weighted by Gasteiger charge is -2.41. The highest BCUT2D eigenvalue weighted by Crippen LogP contribution is 2.28. The maximum atomic E-state index is 11.0. The van der Waals surface area contributed by atoms with Gasteiger partial charge in [-0.1, -0.05) is 0 Å². The molecule has 0 saturated carbocycles. The molecule has 1 heterocycles. The van der Waals surface area contributed by atoms with E-state index in [1.165, 1.54) is 6.92 Å². The minimum Gasteiger partial charge on any atom is -0.453 e. The summed E-state index contributed by atoms with van der Waals surface area (Å²) < 4.78 is 16.1. The molecule has 1 aliphatic rings. The van der Waals surface area contributed by atoms with Gasteiger partial charge in [-0.05, 0) is 13.8 Å². The minimum atomic E-state index is -0.823. The summed E-state index contributed by atoms with van der Waals surface area (Å²) in [4.78, 5) is 11.0. The van der Waals surface area contributed by atoms with E-state index in [1.54, 1.807) is 13.8 Å². The standard InChI is InChI=1S/C11H16O4/c1-5-6-11(15-9(2)12)7-13-10(3,4)14-8-11/h1H,6-8H2,2-4H3. The van der Waals surface area contributed by atoms with Gasteiger partial charge in [-0.3, -0.25) is 4.79 Å². The van der Waals surface area contributed by atoms with Crippen LogP contribution in [0, 0.1) is 12.3 Å². The van der Waals surface area contributed by atoms with Crippen LogP contribution >= 0.6 is 0 Å². The molecular formula is C11H16O4. The summed E-state index contributed by atoms with van der Waals surface area (Å²) in [6.07, 6.45) is 5.53. The zero-order valence-corrected chi connectivity index (χ0v) is 9.33. The van der Waals surface area contributed by atoms with Gasteiger partial charge in [0.15, 0.2) is 11.4 Å². The molecule has 4 nitrogen and oxygen atoms in total. The fraction of sp³-hybridized carbons (Fsp3) is 0.727. The van der Waals surface area contributed by atoms with E-state index in [0.717, 1.165) is 0 Å². The van der Waals surface area contributed by atoms with Crippen molar-refractivity contribution >= 4 is 5.97 Å². The molecule has 1 rings (SSSR count). The molecule has 0 aliphatic carbocycles. The Kier molecular flexibility index (Phi) is 3.38. The molecule has 0 aromatic heterocycles. The molecule has 0 aromatic rings. The normalized spacial score (nSPS) is 22.8. The van der Waals surface area contributed by atoms with E-state index in [9.17, 15) is 4.79 Å². The van der Waals surface area contributed by atoms with Crippen LogP contribution in [0.25, 0.3) is 0 Å². The average molecular weight is 212 g/mol. The van der Waals surface area contributed by atoms with Crippen molar-refractivity contribution in [1.29, 1.82) is 0 Å². The van der Waals surface area contributed by atoms with Crippen LogP contribution < -0.4 is 0 Å². The van der Waals surface area contributed by atoms with Crippen LogP contribution in [0.2, 0.25) is 0 Å². The van der Waals surface area contributed by atoms with E-state index in [-0.39, 0.29) is 19.2 Å². The predicted octanol–water partition coefficient (Wildman–Crippen LogP) is 1.09. The summed E-state index contributed by atoms with van der Waals surface area (Å²) >= 11 is 0. The van der Waals surface area contributed by atoms with Crippen LogP contribution in [0.3, 0.4) is 0 Å². The van der Waals surface area contributed by atoms with Gasteiger partial charge in [-0.2, -0.15) is 0 Å². The fourth-order valence-corrected chi connectivity index (χ4v) is 1.38. The molecule has 0 radical (unpaired) electrons. The van der Waals surface area contributed by atoms with Crippen LogP contribution in [-0.2, 0) is 19.0 Å². The van der Waals surface area contributed by atoms with Gasteiger partial charge in [0, 0.05) is 6.92 Å². The largest absolute Gasteiger partial charge is 0.453 e. The van der Waals surface area contributed by atoms with E-state index < -0.39 is 11.4 Å². The van der Waals surface area contributed by atoms with Gasteiger partial charge in [0.1, 0.15) is 0 Å². The molecule has 84 valence electrons. The zero-order chi connectivity index (χ0) is 11.5. The van der Waals surface area contributed by atoms with Crippen molar-refractivity contribution in [2.45, 2.75) is 38.6 Å². The van der Waals surface area contributed by atoms with Gasteiger partial charge in [-0.15, -0.1) is 12.3 Å². The lowest BCUT2D eigenvalue weighted by molar-refractivity contribution is -0.303. The monoisotopic (exact) mass is 212 g/mol. The Morgan fingerprint density at radius 3 is 2.40 bits per heavy atom. The number of carbonyl (C=O) groups is 1. The quantitative estimate of drug-likeness (QED) is 0.508. The Hall–Kier alpha value is -1.05. The molecular weight excluding hydrogens is 196 g/mol. The van der Waals surface area contributed by atoms with E-state index in [2.05, 4.69) is 5.92 Å². The zero-order valence-electron chi connectivity index (χ0n) is 9.33. The third-order valence-electron chi connectivity index (χ3n) is 2.15. The first-order chi connectivity index (χ1) is 6.89. The highest BCUT2D eigenvalue weighted by Gasteiger charge is 2.42. The summed E-state index contributed by atoms with van der Waals surface area (Å²) in [7, 11) is 0. The Bertz CT molecular complexity index is 277. The van der Waals surface area contributed by atoms with Gasteiger partial charge >= 0.3 is 5.97 Å². The molecule has 1 fully saturated rings. The topological polar surface area (TPSA) is 44.8 Å². The molecule has 0 unspecified atom stereocenters. The predicted molar refractivity (Wildman–Crippen MR) is 53.9 cm³/mol. The van der Waals surface area contributed by atoms with E-state index in [4.69, 9.17) is 20.6 Å². The van der Waals surface area contributed by atoms with Gasteiger partial charge in [0.2, 0.25) is 0 Å². The highest BCUT2D eigenvalue weighted by molar-refractivity contribution is 5.66. The molecule has 0 amide bonds. The molecule has 15 heavy (non-hydrogen) atoms.